The predicted octanol–water partition coefficient (Wildman–Crippen LogP) is 1.91. The van der Waals surface area contributed by atoms with Crippen molar-refractivity contribution in [1.29, 1.82) is 0 Å². The molecule has 0 aliphatic carbocycles. The van der Waals surface area contributed by atoms with E-state index in [0.717, 1.165) is 24.5 Å². The fraction of sp³-hybridized carbons (Fsp3) is 0.444. The summed E-state index contributed by atoms with van der Waals surface area (Å²) in [5, 5.41) is 3.00. The van der Waals surface area contributed by atoms with E-state index >= 15 is 0 Å². The molecule has 0 radical (unpaired) electrons. The van der Waals surface area contributed by atoms with Gasteiger partial charge in [-0.2, -0.15) is 0 Å². The molecule has 3 nitrogen and oxygen atoms in total. The van der Waals surface area contributed by atoms with Crippen LogP contribution in [0.1, 0.15) is 13.3 Å². The first-order valence-electron chi connectivity index (χ1n) is 4.12. The lowest BCUT2D eigenvalue weighted by molar-refractivity contribution is 0.316. The monoisotopic (exact) mass is 166 g/mol. The molecule has 0 aliphatic rings. The van der Waals surface area contributed by atoms with Gasteiger partial charge >= 0.3 is 0 Å². The minimum atomic E-state index is 0.745. The molecular weight excluding hydrogens is 152 g/mol. The van der Waals surface area contributed by atoms with Crippen LogP contribution in [0.3, 0.4) is 0 Å². The third-order valence-electron chi connectivity index (χ3n) is 1.47. The average Bonchev–Trinajstić information content (AvgIpc) is 2.15. The number of nitrogens with one attached hydrogen (secondary N) is 1. The van der Waals surface area contributed by atoms with Crippen molar-refractivity contribution < 1.29 is 4.74 Å². The van der Waals surface area contributed by atoms with Crippen molar-refractivity contribution in [3.63, 3.8) is 0 Å². The molecule has 66 valence electrons. The molecule has 0 fully saturated rings. The van der Waals surface area contributed by atoms with E-state index in [2.05, 4.69) is 17.2 Å². The molecule has 0 unspecified atom stereocenters. The number of nitrogens with zero attached hydrogens (tertiary/aromatic N) is 1. The van der Waals surface area contributed by atoms with Gasteiger partial charge in [-0.15, -0.1) is 0 Å². The number of rotatable bonds is 4. The number of pyridine rings is 1. The highest BCUT2D eigenvalue weighted by Crippen LogP contribution is 2.14. The van der Waals surface area contributed by atoms with Crippen molar-refractivity contribution in [1.82, 2.24) is 4.98 Å². The van der Waals surface area contributed by atoms with E-state index in [1.807, 2.05) is 13.1 Å². The Balaban J connectivity index is 2.60. The molecule has 1 heterocycles. The molecule has 0 aromatic carbocycles. The Morgan fingerprint density at radius 3 is 3.00 bits per heavy atom. The first-order chi connectivity index (χ1) is 5.86. The summed E-state index contributed by atoms with van der Waals surface area (Å²) in [6, 6.07) is 1.93. The largest absolute Gasteiger partial charge is 0.492 e. The van der Waals surface area contributed by atoms with Crippen LogP contribution >= 0.6 is 0 Å². The van der Waals surface area contributed by atoms with Crippen LogP contribution in [0.5, 0.6) is 5.75 Å². The van der Waals surface area contributed by atoms with Crippen molar-refractivity contribution in [2.45, 2.75) is 13.3 Å². The van der Waals surface area contributed by atoms with Crippen molar-refractivity contribution in [3.8, 4) is 5.75 Å². The smallest absolute Gasteiger partial charge is 0.139 e. The predicted molar refractivity (Wildman–Crippen MR) is 49.6 cm³/mol. The Labute approximate surface area is 72.8 Å². The van der Waals surface area contributed by atoms with Crippen LogP contribution in [0, 0.1) is 0 Å². The van der Waals surface area contributed by atoms with Crippen LogP contribution in [0.15, 0.2) is 18.5 Å². The third kappa shape index (κ3) is 2.42. The van der Waals surface area contributed by atoms with Crippen molar-refractivity contribution in [2.75, 3.05) is 19.0 Å². The van der Waals surface area contributed by atoms with Gasteiger partial charge in [0.1, 0.15) is 5.75 Å². The molecule has 0 atom stereocenters. The van der Waals surface area contributed by atoms with Crippen LogP contribution < -0.4 is 10.1 Å². The van der Waals surface area contributed by atoms with E-state index in [-0.39, 0.29) is 0 Å². The summed E-state index contributed by atoms with van der Waals surface area (Å²) < 4.78 is 5.40. The van der Waals surface area contributed by atoms with Crippen LogP contribution in [0.2, 0.25) is 0 Å². The highest BCUT2D eigenvalue weighted by molar-refractivity contribution is 5.44. The maximum absolute atomic E-state index is 5.40. The summed E-state index contributed by atoms with van der Waals surface area (Å²) in [6.45, 7) is 2.82. The molecule has 1 aromatic heterocycles. The number of hydrogen-bond acceptors (Lipinski definition) is 3. The third-order valence-corrected chi connectivity index (χ3v) is 1.47. The van der Waals surface area contributed by atoms with Gasteiger partial charge in [-0.25, -0.2) is 0 Å². The molecule has 1 N–H and O–H groups in total. The fourth-order valence-electron chi connectivity index (χ4n) is 0.854. The first kappa shape index (κ1) is 8.84. The maximum atomic E-state index is 5.40. The highest BCUT2D eigenvalue weighted by atomic mass is 16.5. The minimum absolute atomic E-state index is 0.745. The molecular formula is C9H14N2O. The van der Waals surface area contributed by atoms with Crippen molar-refractivity contribution in [2.24, 2.45) is 0 Å². The number of aromatic nitrogens is 1. The minimum Gasteiger partial charge on any atom is -0.492 e. The topological polar surface area (TPSA) is 34.1 Å². The van der Waals surface area contributed by atoms with Crippen LogP contribution in [-0.4, -0.2) is 18.6 Å². The van der Waals surface area contributed by atoms with Gasteiger partial charge in [0.05, 0.1) is 24.7 Å². The second-order valence-corrected chi connectivity index (χ2v) is 2.51. The standard InChI is InChI=1S/C9H14N2O/c1-3-4-12-9-5-8(10-2)6-11-7-9/h5-7,10H,3-4H2,1-2H3. The molecule has 0 saturated heterocycles. The lowest BCUT2D eigenvalue weighted by Crippen LogP contribution is -1.96. The SMILES string of the molecule is CCCOc1cncc(NC)c1. The summed E-state index contributed by atoms with van der Waals surface area (Å²) in [7, 11) is 1.86. The zero-order valence-electron chi connectivity index (χ0n) is 7.50. The molecule has 0 spiro atoms. The van der Waals surface area contributed by atoms with Gasteiger partial charge in [-0.1, -0.05) is 6.92 Å². The summed E-state index contributed by atoms with van der Waals surface area (Å²) in [4.78, 5) is 4.02. The fourth-order valence-corrected chi connectivity index (χ4v) is 0.854. The van der Waals surface area contributed by atoms with E-state index in [1.54, 1.807) is 12.4 Å². The van der Waals surface area contributed by atoms with Gasteiger partial charge in [0.25, 0.3) is 0 Å². The summed E-state index contributed by atoms with van der Waals surface area (Å²) in [5.74, 6) is 0.823. The van der Waals surface area contributed by atoms with E-state index in [1.165, 1.54) is 0 Å². The maximum Gasteiger partial charge on any atom is 0.139 e. The Morgan fingerprint density at radius 1 is 1.50 bits per heavy atom. The molecule has 0 amide bonds. The molecule has 3 heteroatoms. The van der Waals surface area contributed by atoms with Crippen molar-refractivity contribution >= 4 is 5.69 Å². The molecule has 0 aliphatic heterocycles. The number of anilines is 1. The van der Waals surface area contributed by atoms with Crippen LogP contribution in [-0.2, 0) is 0 Å². The zero-order valence-corrected chi connectivity index (χ0v) is 7.50. The van der Waals surface area contributed by atoms with Gasteiger partial charge in [-0.3, -0.25) is 4.98 Å². The Bertz CT molecular complexity index is 238. The quantitative estimate of drug-likeness (QED) is 0.742. The van der Waals surface area contributed by atoms with Crippen molar-refractivity contribution in [3.05, 3.63) is 18.5 Å². The Kier molecular flexibility index (Phi) is 3.38. The van der Waals surface area contributed by atoms with E-state index in [0.29, 0.717) is 0 Å². The zero-order chi connectivity index (χ0) is 8.81. The second kappa shape index (κ2) is 4.59. The van der Waals surface area contributed by atoms with Gasteiger partial charge in [0, 0.05) is 13.1 Å². The lowest BCUT2D eigenvalue weighted by atomic mass is 10.4. The van der Waals surface area contributed by atoms with Crippen LogP contribution in [0.25, 0.3) is 0 Å². The summed E-state index contributed by atoms with van der Waals surface area (Å²) >= 11 is 0. The summed E-state index contributed by atoms with van der Waals surface area (Å²) in [6.07, 6.45) is 4.50. The Hall–Kier alpha value is -1.25. The normalized spacial score (nSPS) is 9.50. The van der Waals surface area contributed by atoms with Gasteiger partial charge < -0.3 is 10.1 Å². The molecule has 12 heavy (non-hydrogen) atoms. The van der Waals surface area contributed by atoms with Gasteiger partial charge in [0.2, 0.25) is 0 Å². The second-order valence-electron chi connectivity index (χ2n) is 2.51. The average molecular weight is 166 g/mol. The Morgan fingerprint density at radius 2 is 2.33 bits per heavy atom. The van der Waals surface area contributed by atoms with Gasteiger partial charge in [0.15, 0.2) is 0 Å². The van der Waals surface area contributed by atoms with E-state index in [4.69, 9.17) is 4.74 Å². The molecule has 0 bridgehead atoms. The van der Waals surface area contributed by atoms with Gasteiger partial charge in [-0.05, 0) is 6.42 Å². The number of hydrogen-bond donors (Lipinski definition) is 1. The highest BCUT2D eigenvalue weighted by Gasteiger charge is 1.94. The van der Waals surface area contributed by atoms with E-state index in [9.17, 15) is 0 Å². The molecule has 1 aromatic rings. The lowest BCUT2D eigenvalue weighted by Gasteiger charge is -2.05. The molecule has 1 rings (SSSR count). The van der Waals surface area contributed by atoms with Crippen LogP contribution in [0.4, 0.5) is 5.69 Å². The summed E-state index contributed by atoms with van der Waals surface area (Å²) in [5.41, 5.74) is 0.976. The van der Waals surface area contributed by atoms with E-state index < -0.39 is 0 Å². The number of ether oxygens (including phenoxy) is 1. The molecule has 0 saturated carbocycles. The first-order valence-corrected chi connectivity index (χ1v) is 4.12.